The van der Waals surface area contributed by atoms with E-state index in [0.29, 0.717) is 0 Å². The van der Waals surface area contributed by atoms with Crippen molar-refractivity contribution in [1.29, 1.82) is 0 Å². The normalized spacial score (nSPS) is 10.4. The van der Waals surface area contributed by atoms with Crippen molar-refractivity contribution in [3.05, 3.63) is 109 Å². The molecule has 2 aromatic heterocycles. The average Bonchev–Trinajstić information content (AvgIpc) is 3.41. The van der Waals surface area contributed by atoms with E-state index < -0.39 is 0 Å². The number of para-hydroxylation sites is 2. The standard InChI is InChI=1S/2C11H9N2.Cu/c2*1-2-5-10(6-3-1)13-9-11-7-4-8-12-11;/h2*1-9H;/q2*-1;+2. The molecule has 0 fully saturated rings. The fraction of sp³-hybridized carbons (Fsp3) is 0. The van der Waals surface area contributed by atoms with Crippen molar-refractivity contribution in [3.63, 3.8) is 0 Å². The van der Waals surface area contributed by atoms with Crippen molar-refractivity contribution >= 4 is 23.8 Å². The number of hydrogen-bond donors (Lipinski definition) is 0. The third-order valence-corrected chi connectivity index (χ3v) is 3.36. The first-order valence-electron chi connectivity index (χ1n) is 8.24. The molecule has 2 heterocycles. The van der Waals surface area contributed by atoms with Crippen LogP contribution >= 0.6 is 0 Å². The molecule has 27 heavy (non-hydrogen) atoms. The summed E-state index contributed by atoms with van der Waals surface area (Å²) in [7, 11) is 0. The van der Waals surface area contributed by atoms with E-state index in [2.05, 4.69) is 20.0 Å². The third-order valence-electron chi connectivity index (χ3n) is 3.36. The van der Waals surface area contributed by atoms with Crippen LogP contribution in [0.3, 0.4) is 0 Å². The van der Waals surface area contributed by atoms with E-state index in [-0.39, 0.29) is 17.1 Å². The van der Waals surface area contributed by atoms with Gasteiger partial charge in [-0.1, -0.05) is 60.7 Å². The minimum absolute atomic E-state index is 0. The molecule has 4 nitrogen and oxygen atoms in total. The van der Waals surface area contributed by atoms with Crippen LogP contribution in [-0.2, 0) is 17.1 Å². The third kappa shape index (κ3) is 7.32. The minimum atomic E-state index is 0. The van der Waals surface area contributed by atoms with Crippen molar-refractivity contribution in [3.8, 4) is 0 Å². The molecule has 4 aromatic rings. The number of nitrogens with zero attached hydrogens (tertiary/aromatic N) is 4. The zero-order valence-corrected chi connectivity index (χ0v) is 15.4. The zero-order chi connectivity index (χ0) is 17.9. The molecule has 0 amide bonds. The van der Waals surface area contributed by atoms with Gasteiger partial charge in [0.25, 0.3) is 0 Å². The Morgan fingerprint density at radius 1 is 0.519 bits per heavy atom. The molecule has 0 saturated heterocycles. The Morgan fingerprint density at radius 2 is 0.926 bits per heavy atom. The van der Waals surface area contributed by atoms with E-state index >= 15 is 0 Å². The van der Waals surface area contributed by atoms with Crippen molar-refractivity contribution in [1.82, 2.24) is 9.97 Å². The van der Waals surface area contributed by atoms with Crippen molar-refractivity contribution in [2.45, 2.75) is 0 Å². The van der Waals surface area contributed by atoms with Crippen LogP contribution in [0.25, 0.3) is 0 Å². The van der Waals surface area contributed by atoms with Crippen LogP contribution in [-0.4, -0.2) is 12.4 Å². The molecule has 2 aromatic carbocycles. The van der Waals surface area contributed by atoms with Gasteiger partial charge in [0.05, 0.1) is 11.4 Å². The smallest absolute Gasteiger partial charge is 0.663 e. The van der Waals surface area contributed by atoms with Crippen LogP contribution in [0.5, 0.6) is 0 Å². The summed E-state index contributed by atoms with van der Waals surface area (Å²) >= 11 is 0. The van der Waals surface area contributed by atoms with Gasteiger partial charge in [0.2, 0.25) is 0 Å². The summed E-state index contributed by atoms with van der Waals surface area (Å²) in [5.41, 5.74) is 3.68. The topological polar surface area (TPSA) is 52.9 Å². The van der Waals surface area contributed by atoms with Gasteiger partial charge >= 0.3 is 17.1 Å². The Kier molecular flexibility index (Phi) is 8.57. The second kappa shape index (κ2) is 11.5. The predicted octanol–water partition coefficient (Wildman–Crippen LogP) is 4.79. The van der Waals surface area contributed by atoms with Gasteiger partial charge in [-0.05, 0) is 24.3 Å². The van der Waals surface area contributed by atoms with Gasteiger partial charge in [0.15, 0.2) is 0 Å². The Balaban J connectivity index is 0.000000187. The van der Waals surface area contributed by atoms with Gasteiger partial charge in [0.1, 0.15) is 0 Å². The van der Waals surface area contributed by atoms with E-state index in [1.165, 1.54) is 0 Å². The quantitative estimate of drug-likeness (QED) is 0.364. The van der Waals surface area contributed by atoms with E-state index in [9.17, 15) is 0 Å². The number of aliphatic imine (C=N–C) groups is 2. The second-order valence-corrected chi connectivity index (χ2v) is 5.31. The van der Waals surface area contributed by atoms with Gasteiger partial charge in [-0.25, -0.2) is 0 Å². The largest absolute Gasteiger partial charge is 2.00 e. The second-order valence-electron chi connectivity index (χ2n) is 5.31. The number of hydrogen-bond acceptors (Lipinski definition) is 2. The first-order chi connectivity index (χ1) is 12.9. The fourth-order valence-corrected chi connectivity index (χ4v) is 2.09. The van der Waals surface area contributed by atoms with Crippen LogP contribution in [0.2, 0.25) is 0 Å². The van der Waals surface area contributed by atoms with Gasteiger partial charge < -0.3 is 9.97 Å². The van der Waals surface area contributed by atoms with Crippen LogP contribution < -0.4 is 9.97 Å². The Hall–Kier alpha value is -3.14. The SMILES string of the molecule is C(=Nc1ccccc1)c1ccc[n-]1.C(=Nc1ccccc1)c1ccc[n-]1.[Cu+2]. The number of aromatic nitrogens is 2. The molecule has 0 spiro atoms. The van der Waals surface area contributed by atoms with Crippen molar-refractivity contribution in [2.75, 3.05) is 0 Å². The van der Waals surface area contributed by atoms with Gasteiger partial charge in [-0.2, -0.15) is 12.4 Å². The van der Waals surface area contributed by atoms with Crippen LogP contribution in [0.15, 0.2) is 107 Å². The van der Waals surface area contributed by atoms with E-state index in [0.717, 1.165) is 22.8 Å². The molecule has 0 unspecified atom stereocenters. The molecule has 4 rings (SSSR count). The molecule has 0 atom stereocenters. The Morgan fingerprint density at radius 3 is 1.26 bits per heavy atom. The van der Waals surface area contributed by atoms with E-state index in [1.807, 2.05) is 84.9 Å². The first kappa shape index (κ1) is 20.2. The molecule has 0 bridgehead atoms. The first-order valence-corrected chi connectivity index (χ1v) is 8.24. The monoisotopic (exact) mass is 401 g/mol. The molecule has 0 saturated carbocycles. The molecule has 137 valence electrons. The summed E-state index contributed by atoms with van der Waals surface area (Å²) in [4.78, 5) is 16.7. The fourth-order valence-electron chi connectivity index (χ4n) is 2.09. The van der Waals surface area contributed by atoms with Crippen LogP contribution in [0.1, 0.15) is 11.4 Å². The number of rotatable bonds is 4. The zero-order valence-electron chi connectivity index (χ0n) is 14.5. The predicted molar refractivity (Wildman–Crippen MR) is 107 cm³/mol. The summed E-state index contributed by atoms with van der Waals surface area (Å²) in [5.74, 6) is 0. The van der Waals surface area contributed by atoms with Crippen molar-refractivity contribution in [2.24, 2.45) is 9.98 Å². The molecule has 0 aliphatic heterocycles. The summed E-state index contributed by atoms with van der Waals surface area (Å²) in [6.07, 6.45) is 7.03. The van der Waals surface area contributed by atoms with Gasteiger partial charge in [-0.3, -0.25) is 9.98 Å². The maximum Gasteiger partial charge on any atom is 2.00 e. The van der Waals surface area contributed by atoms with E-state index in [1.54, 1.807) is 24.8 Å². The van der Waals surface area contributed by atoms with Crippen LogP contribution in [0, 0.1) is 0 Å². The summed E-state index contributed by atoms with van der Waals surface area (Å²) in [6.45, 7) is 0. The molecule has 0 N–H and O–H groups in total. The summed E-state index contributed by atoms with van der Waals surface area (Å²) in [5, 5.41) is 0. The Bertz CT molecular complexity index is 833. The maximum atomic E-state index is 4.26. The molecule has 0 aliphatic carbocycles. The molecular weight excluding hydrogens is 384 g/mol. The van der Waals surface area contributed by atoms with Gasteiger partial charge in [-0.15, -0.1) is 11.4 Å². The van der Waals surface area contributed by atoms with Crippen molar-refractivity contribution < 1.29 is 17.1 Å². The Labute approximate surface area is 169 Å². The molecule has 1 radical (unpaired) electrons. The minimum Gasteiger partial charge on any atom is -0.663 e. The van der Waals surface area contributed by atoms with Crippen LogP contribution in [0.4, 0.5) is 11.4 Å². The summed E-state index contributed by atoms with van der Waals surface area (Å²) in [6, 6.07) is 27.3. The molecular formula is C22H18CuN4. The maximum absolute atomic E-state index is 4.26. The number of benzene rings is 2. The molecule has 0 aliphatic rings. The summed E-state index contributed by atoms with van der Waals surface area (Å²) < 4.78 is 0. The average molecular weight is 402 g/mol. The van der Waals surface area contributed by atoms with Gasteiger partial charge in [0, 0.05) is 12.4 Å². The van der Waals surface area contributed by atoms with E-state index in [4.69, 9.17) is 0 Å². The molecule has 5 heteroatoms.